The van der Waals surface area contributed by atoms with Crippen molar-refractivity contribution in [2.24, 2.45) is 0 Å². The lowest BCUT2D eigenvalue weighted by atomic mass is 10.3. The number of amides is 1. The molecule has 0 spiro atoms. The lowest BCUT2D eigenvalue weighted by Crippen LogP contribution is -2.22. The van der Waals surface area contributed by atoms with E-state index in [1.807, 2.05) is 30.5 Å². The molecule has 1 amide bonds. The maximum atomic E-state index is 12.1. The van der Waals surface area contributed by atoms with Gasteiger partial charge in [-0.25, -0.2) is 0 Å². The van der Waals surface area contributed by atoms with E-state index in [0.717, 1.165) is 10.2 Å². The van der Waals surface area contributed by atoms with E-state index < -0.39 is 0 Å². The van der Waals surface area contributed by atoms with Crippen LogP contribution in [0.3, 0.4) is 0 Å². The lowest BCUT2D eigenvalue weighted by molar-refractivity contribution is -0.115. The number of nitrogens with one attached hydrogen (secondary N) is 1. The van der Waals surface area contributed by atoms with E-state index in [0.29, 0.717) is 16.9 Å². The summed E-state index contributed by atoms with van der Waals surface area (Å²) < 4.78 is 6.41. The van der Waals surface area contributed by atoms with Gasteiger partial charge in [0, 0.05) is 10.2 Å². The summed E-state index contributed by atoms with van der Waals surface area (Å²) in [5, 5.41) is 10.8. The molecule has 0 saturated carbocycles. The van der Waals surface area contributed by atoms with Gasteiger partial charge >= 0.3 is 0 Å². The number of nitrogens with zero attached hydrogens (tertiary/aromatic N) is 2. The summed E-state index contributed by atoms with van der Waals surface area (Å²) in [6.07, 6.45) is 1.96. The van der Waals surface area contributed by atoms with Crippen molar-refractivity contribution in [3.63, 3.8) is 0 Å². The highest BCUT2D eigenvalue weighted by molar-refractivity contribution is 9.10. The SMILES string of the molecule is CSCc1nnc(SC(C)C(=O)Nc2ccc(Br)cc2)o1. The molecule has 1 aromatic carbocycles. The molecular formula is C13H14BrN3O2S2. The summed E-state index contributed by atoms with van der Waals surface area (Å²) in [5.41, 5.74) is 0.754. The molecular weight excluding hydrogens is 374 g/mol. The maximum absolute atomic E-state index is 12.1. The molecule has 8 heteroatoms. The van der Waals surface area contributed by atoms with E-state index in [9.17, 15) is 4.79 Å². The molecule has 1 N–H and O–H groups in total. The fourth-order valence-electron chi connectivity index (χ4n) is 1.45. The van der Waals surface area contributed by atoms with Gasteiger partial charge in [-0.2, -0.15) is 11.8 Å². The van der Waals surface area contributed by atoms with Crippen molar-refractivity contribution < 1.29 is 9.21 Å². The first-order valence-corrected chi connectivity index (χ1v) is 9.19. The Morgan fingerprint density at radius 3 is 2.76 bits per heavy atom. The van der Waals surface area contributed by atoms with Gasteiger partial charge in [0.1, 0.15) is 0 Å². The summed E-state index contributed by atoms with van der Waals surface area (Å²) in [7, 11) is 0. The Morgan fingerprint density at radius 2 is 2.10 bits per heavy atom. The Morgan fingerprint density at radius 1 is 1.38 bits per heavy atom. The number of hydrogen-bond acceptors (Lipinski definition) is 6. The number of benzene rings is 1. The van der Waals surface area contributed by atoms with Crippen LogP contribution in [0.25, 0.3) is 0 Å². The fraction of sp³-hybridized carbons (Fsp3) is 0.308. The van der Waals surface area contributed by atoms with E-state index >= 15 is 0 Å². The van der Waals surface area contributed by atoms with Crippen LogP contribution in [0.2, 0.25) is 0 Å². The molecule has 21 heavy (non-hydrogen) atoms. The number of aromatic nitrogens is 2. The van der Waals surface area contributed by atoms with E-state index in [4.69, 9.17) is 4.42 Å². The van der Waals surface area contributed by atoms with E-state index in [1.54, 1.807) is 18.7 Å². The van der Waals surface area contributed by atoms with Crippen molar-refractivity contribution in [2.75, 3.05) is 11.6 Å². The Labute approximate surface area is 139 Å². The Bertz CT molecular complexity index is 604. The van der Waals surface area contributed by atoms with Crippen LogP contribution in [0, 0.1) is 0 Å². The molecule has 0 aliphatic rings. The minimum absolute atomic E-state index is 0.105. The van der Waals surface area contributed by atoms with Crippen LogP contribution >= 0.6 is 39.5 Å². The minimum atomic E-state index is -0.323. The average molecular weight is 388 g/mol. The first-order valence-electron chi connectivity index (χ1n) is 6.13. The summed E-state index contributed by atoms with van der Waals surface area (Å²) >= 11 is 6.21. The molecule has 0 saturated heterocycles. The number of thioether (sulfide) groups is 2. The smallest absolute Gasteiger partial charge is 0.277 e. The third kappa shape index (κ3) is 5.05. The summed E-state index contributed by atoms with van der Waals surface area (Å²) in [6, 6.07) is 7.42. The van der Waals surface area contributed by atoms with E-state index in [2.05, 4.69) is 31.4 Å². The van der Waals surface area contributed by atoms with Crippen molar-refractivity contribution in [3.8, 4) is 0 Å². The van der Waals surface area contributed by atoms with Gasteiger partial charge in [0.25, 0.3) is 5.22 Å². The Kier molecular flexibility index (Phi) is 6.13. The zero-order chi connectivity index (χ0) is 15.2. The second-order valence-electron chi connectivity index (χ2n) is 4.15. The van der Waals surface area contributed by atoms with Crippen molar-refractivity contribution in [1.29, 1.82) is 0 Å². The highest BCUT2D eigenvalue weighted by atomic mass is 79.9. The molecule has 0 fully saturated rings. The normalized spacial score (nSPS) is 12.1. The van der Waals surface area contributed by atoms with Crippen LogP contribution in [-0.2, 0) is 10.5 Å². The number of anilines is 1. The third-order valence-corrected chi connectivity index (χ3v) is 4.47. The predicted octanol–water partition coefficient (Wildman–Crippen LogP) is 3.81. The molecule has 1 heterocycles. The number of hydrogen-bond donors (Lipinski definition) is 1. The van der Waals surface area contributed by atoms with Gasteiger partial charge in [-0.05, 0) is 37.4 Å². The average Bonchev–Trinajstić information content (AvgIpc) is 2.89. The van der Waals surface area contributed by atoms with Gasteiger partial charge in [-0.15, -0.1) is 10.2 Å². The molecule has 0 radical (unpaired) electrons. The molecule has 0 bridgehead atoms. The quantitative estimate of drug-likeness (QED) is 0.759. The molecule has 1 atom stereocenters. The van der Waals surface area contributed by atoms with Crippen molar-refractivity contribution in [1.82, 2.24) is 10.2 Å². The molecule has 0 aliphatic carbocycles. The number of halogens is 1. The van der Waals surface area contributed by atoms with Gasteiger partial charge < -0.3 is 9.73 Å². The standard InChI is InChI=1S/C13H14BrN3O2S2/c1-8(21-13-17-16-11(19-13)7-20-2)12(18)15-10-5-3-9(14)4-6-10/h3-6,8H,7H2,1-2H3,(H,15,18). The molecule has 1 unspecified atom stereocenters. The monoisotopic (exact) mass is 387 g/mol. The number of rotatable bonds is 6. The van der Waals surface area contributed by atoms with Crippen molar-refractivity contribution >= 4 is 51.0 Å². The van der Waals surface area contributed by atoms with Crippen LogP contribution in [0.15, 0.2) is 38.4 Å². The van der Waals surface area contributed by atoms with Gasteiger partial charge in [0.2, 0.25) is 11.8 Å². The highest BCUT2D eigenvalue weighted by Gasteiger charge is 2.18. The van der Waals surface area contributed by atoms with E-state index in [1.165, 1.54) is 11.8 Å². The fourth-order valence-corrected chi connectivity index (χ4v) is 2.78. The zero-order valence-corrected chi connectivity index (χ0v) is 14.7. The third-order valence-electron chi connectivity index (χ3n) is 2.47. The van der Waals surface area contributed by atoms with Crippen molar-refractivity contribution in [2.45, 2.75) is 23.1 Å². The summed E-state index contributed by atoms with van der Waals surface area (Å²) in [6.45, 7) is 1.80. The molecule has 2 rings (SSSR count). The Hall–Kier alpha value is -0.990. The second kappa shape index (κ2) is 7.86. The minimum Gasteiger partial charge on any atom is -0.415 e. The van der Waals surface area contributed by atoms with Gasteiger partial charge in [0.05, 0.1) is 11.0 Å². The second-order valence-corrected chi connectivity index (χ2v) is 7.22. The first-order chi connectivity index (χ1) is 10.1. The predicted molar refractivity (Wildman–Crippen MR) is 89.6 cm³/mol. The zero-order valence-electron chi connectivity index (χ0n) is 11.5. The summed E-state index contributed by atoms with van der Waals surface area (Å²) in [4.78, 5) is 12.1. The lowest BCUT2D eigenvalue weighted by Gasteiger charge is -2.09. The molecule has 1 aromatic heterocycles. The van der Waals surface area contributed by atoms with Crippen LogP contribution in [0.4, 0.5) is 5.69 Å². The largest absolute Gasteiger partial charge is 0.415 e. The Balaban J connectivity index is 1.90. The number of carbonyl (C=O) groups is 1. The number of carbonyl (C=O) groups excluding carboxylic acids is 1. The first kappa shape index (κ1) is 16.4. The highest BCUT2D eigenvalue weighted by Crippen LogP contribution is 2.24. The maximum Gasteiger partial charge on any atom is 0.277 e. The topological polar surface area (TPSA) is 68.0 Å². The van der Waals surface area contributed by atoms with Gasteiger partial charge in [-0.3, -0.25) is 4.79 Å². The van der Waals surface area contributed by atoms with Crippen molar-refractivity contribution in [3.05, 3.63) is 34.6 Å². The molecule has 112 valence electrons. The van der Waals surface area contributed by atoms with Gasteiger partial charge in [-0.1, -0.05) is 27.7 Å². The molecule has 5 nitrogen and oxygen atoms in total. The van der Waals surface area contributed by atoms with Gasteiger partial charge in [0.15, 0.2) is 0 Å². The molecule has 2 aromatic rings. The molecule has 0 aliphatic heterocycles. The van der Waals surface area contributed by atoms with Crippen LogP contribution in [-0.4, -0.2) is 27.6 Å². The van der Waals surface area contributed by atoms with Crippen LogP contribution in [0.5, 0.6) is 0 Å². The summed E-state index contributed by atoms with van der Waals surface area (Å²) in [5.74, 6) is 1.14. The van der Waals surface area contributed by atoms with Crippen LogP contribution in [0.1, 0.15) is 12.8 Å². The van der Waals surface area contributed by atoms with E-state index in [-0.39, 0.29) is 11.2 Å². The van der Waals surface area contributed by atoms with Crippen LogP contribution < -0.4 is 5.32 Å².